The zero-order chi connectivity index (χ0) is 14.0. The number of benzene rings is 1. The van der Waals surface area contributed by atoms with Gasteiger partial charge in [0, 0.05) is 5.56 Å². The second kappa shape index (κ2) is 5.13. The molecule has 1 aliphatic heterocycles. The molecule has 2 rings (SSSR count). The van der Waals surface area contributed by atoms with Crippen molar-refractivity contribution < 1.29 is 27.9 Å². The van der Waals surface area contributed by atoms with Crippen molar-refractivity contribution in [1.82, 2.24) is 0 Å². The summed E-state index contributed by atoms with van der Waals surface area (Å²) in [5, 5.41) is 2.48. The van der Waals surface area contributed by atoms with Crippen LogP contribution < -0.4 is 10.1 Å². The number of carbonyl (C=O) groups excluding carboxylic acids is 3. The van der Waals surface area contributed by atoms with Crippen LogP contribution in [0.2, 0.25) is 0 Å². The number of anilines is 1. The first-order valence-electron chi connectivity index (χ1n) is 5.38. The smallest absolute Gasteiger partial charge is 0.296 e. The van der Waals surface area contributed by atoms with E-state index in [4.69, 9.17) is 4.74 Å². The standard InChI is InChI=1S/C12H9F2NO4/c13-12(14)9(17)4-8(16)6-1-2-10-7(3-6)15-11(18)5-19-10/h1-3,12H,4-5H2,(H,15,18). The summed E-state index contributed by atoms with van der Waals surface area (Å²) in [5.74, 6) is -2.15. The number of hydrogen-bond donors (Lipinski definition) is 1. The number of rotatable bonds is 4. The molecule has 100 valence electrons. The second-order valence-electron chi connectivity index (χ2n) is 3.91. The highest BCUT2D eigenvalue weighted by Gasteiger charge is 2.22. The van der Waals surface area contributed by atoms with Gasteiger partial charge in [0.1, 0.15) is 5.75 Å². The number of halogens is 2. The van der Waals surface area contributed by atoms with Crippen molar-refractivity contribution in [2.24, 2.45) is 0 Å². The summed E-state index contributed by atoms with van der Waals surface area (Å²) in [6, 6.07) is 4.10. The zero-order valence-corrected chi connectivity index (χ0v) is 9.61. The lowest BCUT2D eigenvalue weighted by Crippen LogP contribution is -2.25. The first-order chi connectivity index (χ1) is 8.97. The van der Waals surface area contributed by atoms with Crippen LogP contribution in [0.5, 0.6) is 5.75 Å². The second-order valence-corrected chi connectivity index (χ2v) is 3.91. The molecule has 0 aromatic heterocycles. The lowest BCUT2D eigenvalue weighted by Gasteiger charge is -2.18. The Morgan fingerprint density at radius 3 is 2.79 bits per heavy atom. The van der Waals surface area contributed by atoms with Crippen LogP contribution in [0, 0.1) is 0 Å². The Bertz CT molecular complexity index is 557. The molecule has 1 heterocycles. The maximum absolute atomic E-state index is 12.1. The van der Waals surface area contributed by atoms with Crippen molar-refractivity contribution in [3.8, 4) is 5.75 Å². The van der Waals surface area contributed by atoms with Crippen LogP contribution in [0.4, 0.5) is 14.5 Å². The zero-order valence-electron chi connectivity index (χ0n) is 9.61. The number of ether oxygens (including phenoxy) is 1. The van der Waals surface area contributed by atoms with E-state index in [0.29, 0.717) is 5.75 Å². The molecule has 0 radical (unpaired) electrons. The summed E-state index contributed by atoms with van der Waals surface area (Å²) in [6.45, 7) is -0.121. The minimum absolute atomic E-state index is 0.0681. The predicted molar refractivity (Wildman–Crippen MR) is 60.5 cm³/mol. The number of nitrogens with one attached hydrogen (secondary N) is 1. The van der Waals surface area contributed by atoms with E-state index in [1.165, 1.54) is 18.2 Å². The van der Waals surface area contributed by atoms with Crippen molar-refractivity contribution in [1.29, 1.82) is 0 Å². The normalized spacial score (nSPS) is 13.5. The summed E-state index contributed by atoms with van der Waals surface area (Å²) in [6.07, 6.45) is -4.03. The Balaban J connectivity index is 2.17. The first-order valence-corrected chi connectivity index (χ1v) is 5.38. The van der Waals surface area contributed by atoms with Crippen LogP contribution in [0.3, 0.4) is 0 Å². The first kappa shape index (κ1) is 13.1. The topological polar surface area (TPSA) is 72.5 Å². The summed E-state index contributed by atoms with van der Waals surface area (Å²) in [4.78, 5) is 33.5. The summed E-state index contributed by atoms with van der Waals surface area (Å²) >= 11 is 0. The molecular formula is C12H9F2NO4. The molecule has 1 N–H and O–H groups in total. The number of hydrogen-bond acceptors (Lipinski definition) is 4. The van der Waals surface area contributed by atoms with E-state index in [1.807, 2.05) is 0 Å². The maximum atomic E-state index is 12.1. The van der Waals surface area contributed by atoms with Crippen LogP contribution in [-0.2, 0) is 9.59 Å². The Labute approximate surface area is 106 Å². The van der Waals surface area contributed by atoms with Gasteiger partial charge in [-0.05, 0) is 18.2 Å². The van der Waals surface area contributed by atoms with Gasteiger partial charge in [-0.25, -0.2) is 8.78 Å². The molecule has 1 amide bonds. The van der Waals surface area contributed by atoms with Crippen molar-refractivity contribution in [2.45, 2.75) is 12.8 Å². The Morgan fingerprint density at radius 2 is 2.11 bits per heavy atom. The predicted octanol–water partition coefficient (Wildman–Crippen LogP) is 1.42. The van der Waals surface area contributed by atoms with E-state index in [1.54, 1.807) is 0 Å². The van der Waals surface area contributed by atoms with E-state index in [9.17, 15) is 23.2 Å². The van der Waals surface area contributed by atoms with E-state index in [-0.39, 0.29) is 23.8 Å². The van der Waals surface area contributed by atoms with Crippen LogP contribution in [0.15, 0.2) is 18.2 Å². The number of alkyl halides is 2. The van der Waals surface area contributed by atoms with E-state index in [0.717, 1.165) is 0 Å². The number of carbonyl (C=O) groups is 3. The van der Waals surface area contributed by atoms with Crippen molar-refractivity contribution in [2.75, 3.05) is 11.9 Å². The van der Waals surface area contributed by atoms with Crippen LogP contribution >= 0.6 is 0 Å². The third kappa shape index (κ3) is 2.93. The van der Waals surface area contributed by atoms with Gasteiger partial charge in [-0.1, -0.05) is 0 Å². The fraction of sp³-hybridized carbons (Fsp3) is 0.250. The molecule has 1 aromatic rings. The molecule has 19 heavy (non-hydrogen) atoms. The molecule has 0 unspecified atom stereocenters. The molecule has 0 atom stereocenters. The number of ketones is 2. The van der Waals surface area contributed by atoms with Crippen molar-refractivity contribution in [3.63, 3.8) is 0 Å². The van der Waals surface area contributed by atoms with Crippen LogP contribution in [0.25, 0.3) is 0 Å². The molecule has 7 heteroatoms. The largest absolute Gasteiger partial charge is 0.482 e. The Hall–Kier alpha value is -2.31. The number of amides is 1. The lowest BCUT2D eigenvalue weighted by molar-refractivity contribution is -0.128. The minimum Gasteiger partial charge on any atom is -0.482 e. The van der Waals surface area contributed by atoms with E-state index in [2.05, 4.69) is 5.32 Å². The Morgan fingerprint density at radius 1 is 1.37 bits per heavy atom. The monoisotopic (exact) mass is 269 g/mol. The van der Waals surface area contributed by atoms with Crippen molar-refractivity contribution in [3.05, 3.63) is 23.8 Å². The van der Waals surface area contributed by atoms with Gasteiger partial charge in [-0.2, -0.15) is 0 Å². The molecule has 0 saturated heterocycles. The fourth-order valence-electron chi connectivity index (χ4n) is 1.59. The number of Topliss-reactive ketones (excluding diaryl/α,β-unsaturated/α-hetero) is 2. The molecular weight excluding hydrogens is 260 g/mol. The van der Waals surface area contributed by atoms with Gasteiger partial charge in [-0.3, -0.25) is 14.4 Å². The summed E-state index contributed by atoms with van der Waals surface area (Å²) in [7, 11) is 0. The molecule has 0 fully saturated rings. The minimum atomic E-state index is -3.16. The van der Waals surface area contributed by atoms with Crippen LogP contribution in [0.1, 0.15) is 16.8 Å². The average Bonchev–Trinajstić information content (AvgIpc) is 2.37. The van der Waals surface area contributed by atoms with Gasteiger partial charge in [0.05, 0.1) is 12.1 Å². The van der Waals surface area contributed by atoms with E-state index >= 15 is 0 Å². The third-order valence-electron chi connectivity index (χ3n) is 2.51. The quantitative estimate of drug-likeness (QED) is 0.663. The summed E-state index contributed by atoms with van der Waals surface area (Å²) < 4.78 is 29.2. The molecule has 1 aliphatic rings. The Kier molecular flexibility index (Phi) is 3.55. The molecule has 0 spiro atoms. The van der Waals surface area contributed by atoms with Gasteiger partial charge >= 0.3 is 0 Å². The molecule has 1 aromatic carbocycles. The van der Waals surface area contributed by atoms with Crippen LogP contribution in [-0.4, -0.2) is 30.5 Å². The highest BCUT2D eigenvalue weighted by atomic mass is 19.3. The molecule has 0 saturated carbocycles. The van der Waals surface area contributed by atoms with Gasteiger partial charge in [0.25, 0.3) is 12.3 Å². The fourth-order valence-corrected chi connectivity index (χ4v) is 1.59. The number of fused-ring (bicyclic) bond motifs is 1. The van der Waals surface area contributed by atoms with Crippen molar-refractivity contribution >= 4 is 23.2 Å². The van der Waals surface area contributed by atoms with Gasteiger partial charge < -0.3 is 10.1 Å². The van der Waals surface area contributed by atoms with Gasteiger partial charge in [0.2, 0.25) is 5.78 Å². The van der Waals surface area contributed by atoms with Gasteiger partial charge in [0.15, 0.2) is 12.4 Å². The lowest BCUT2D eigenvalue weighted by atomic mass is 10.0. The SMILES string of the molecule is O=C1COc2ccc(C(=O)CC(=O)C(F)F)cc2N1. The molecule has 5 nitrogen and oxygen atoms in total. The molecule has 0 aliphatic carbocycles. The summed E-state index contributed by atoms with van der Waals surface area (Å²) in [5.41, 5.74) is 0.352. The third-order valence-corrected chi connectivity index (χ3v) is 2.51. The molecule has 0 bridgehead atoms. The van der Waals surface area contributed by atoms with Gasteiger partial charge in [-0.15, -0.1) is 0 Å². The highest BCUT2D eigenvalue weighted by Crippen LogP contribution is 2.28. The highest BCUT2D eigenvalue weighted by molar-refractivity contribution is 6.09. The maximum Gasteiger partial charge on any atom is 0.296 e. The average molecular weight is 269 g/mol. The van der Waals surface area contributed by atoms with E-state index < -0.39 is 24.4 Å².